The predicted octanol–water partition coefficient (Wildman–Crippen LogP) is 3.87. The van der Waals surface area contributed by atoms with Crippen molar-refractivity contribution in [3.63, 3.8) is 0 Å². The van der Waals surface area contributed by atoms with E-state index in [1.807, 2.05) is 36.1 Å². The molecule has 1 saturated heterocycles. The molecule has 0 aromatic heterocycles. The first-order chi connectivity index (χ1) is 13.7. The Labute approximate surface area is 166 Å². The van der Waals surface area contributed by atoms with Crippen molar-refractivity contribution in [1.82, 2.24) is 9.80 Å². The van der Waals surface area contributed by atoms with Gasteiger partial charge in [-0.25, -0.2) is 0 Å². The second-order valence-electron chi connectivity index (χ2n) is 7.40. The Bertz CT molecular complexity index is 956. The molecule has 0 unspecified atom stereocenters. The summed E-state index contributed by atoms with van der Waals surface area (Å²) in [6.45, 7) is 6.32. The van der Waals surface area contributed by atoms with Gasteiger partial charge in [0.1, 0.15) is 5.75 Å². The molecule has 0 atom stereocenters. The number of carbonyl (C=O) groups is 1. The molecule has 1 aliphatic heterocycles. The van der Waals surface area contributed by atoms with Crippen molar-refractivity contribution in [1.29, 1.82) is 0 Å². The highest BCUT2D eigenvalue weighted by atomic mass is 16.5. The van der Waals surface area contributed by atoms with Crippen molar-refractivity contribution in [3.8, 4) is 5.75 Å². The zero-order chi connectivity index (χ0) is 19.3. The minimum atomic E-state index is 0.0614. The molecule has 0 N–H and O–H groups in total. The number of hydrogen-bond donors (Lipinski definition) is 0. The van der Waals surface area contributed by atoms with Crippen molar-refractivity contribution in [2.75, 3.05) is 32.8 Å². The van der Waals surface area contributed by atoms with Gasteiger partial charge in [-0.05, 0) is 41.0 Å². The number of aryl methyl sites for hydroxylation is 1. The SMILES string of the molecule is Cc1cccc(OCC(=O)N2CCN(Cc3cccc4ccccc34)CC2)c1. The van der Waals surface area contributed by atoms with Gasteiger partial charge in [0.05, 0.1) is 0 Å². The first kappa shape index (κ1) is 18.5. The number of nitrogens with zero attached hydrogens (tertiary/aromatic N) is 2. The molecular weight excluding hydrogens is 348 g/mol. The summed E-state index contributed by atoms with van der Waals surface area (Å²) in [5.74, 6) is 0.814. The van der Waals surface area contributed by atoms with Crippen LogP contribution in [0.15, 0.2) is 66.7 Å². The largest absolute Gasteiger partial charge is 0.484 e. The third-order valence-corrected chi connectivity index (χ3v) is 5.35. The number of piperazine rings is 1. The minimum Gasteiger partial charge on any atom is -0.484 e. The fourth-order valence-electron chi connectivity index (χ4n) is 3.77. The average Bonchev–Trinajstić information content (AvgIpc) is 2.73. The highest BCUT2D eigenvalue weighted by molar-refractivity contribution is 5.85. The van der Waals surface area contributed by atoms with Crippen LogP contribution in [0.1, 0.15) is 11.1 Å². The molecule has 28 heavy (non-hydrogen) atoms. The van der Waals surface area contributed by atoms with Crippen molar-refractivity contribution in [2.24, 2.45) is 0 Å². The average molecular weight is 374 g/mol. The molecule has 1 amide bonds. The molecule has 0 aliphatic carbocycles. The number of amides is 1. The Morgan fingerprint density at radius 2 is 1.68 bits per heavy atom. The molecule has 1 fully saturated rings. The lowest BCUT2D eigenvalue weighted by atomic mass is 10.0. The molecule has 0 radical (unpaired) electrons. The normalized spacial score (nSPS) is 15.0. The van der Waals surface area contributed by atoms with Crippen molar-refractivity contribution >= 4 is 16.7 Å². The Kier molecular flexibility index (Phi) is 5.58. The molecule has 4 nitrogen and oxygen atoms in total. The third-order valence-electron chi connectivity index (χ3n) is 5.35. The maximum atomic E-state index is 12.5. The van der Waals surface area contributed by atoms with Gasteiger partial charge in [-0.3, -0.25) is 9.69 Å². The topological polar surface area (TPSA) is 32.8 Å². The van der Waals surface area contributed by atoms with E-state index in [0.29, 0.717) is 0 Å². The standard InChI is InChI=1S/C24H26N2O2/c1-19-6-4-10-22(16-19)28-18-24(27)26-14-12-25(13-15-26)17-21-9-5-8-20-7-2-3-11-23(20)21/h2-11,16H,12-15,17-18H2,1H3. The van der Waals surface area contributed by atoms with E-state index < -0.39 is 0 Å². The minimum absolute atomic E-state index is 0.0614. The number of carbonyl (C=O) groups excluding carboxylic acids is 1. The lowest BCUT2D eigenvalue weighted by Gasteiger charge is -2.34. The molecule has 3 aromatic carbocycles. The van der Waals surface area contributed by atoms with Gasteiger partial charge in [-0.1, -0.05) is 54.6 Å². The third kappa shape index (κ3) is 4.34. The first-order valence-electron chi connectivity index (χ1n) is 9.85. The number of rotatable bonds is 5. The second-order valence-corrected chi connectivity index (χ2v) is 7.40. The van der Waals surface area contributed by atoms with Crippen molar-refractivity contribution < 1.29 is 9.53 Å². The van der Waals surface area contributed by atoms with Crippen LogP contribution < -0.4 is 4.74 Å². The van der Waals surface area contributed by atoms with Crippen LogP contribution in [0.5, 0.6) is 5.75 Å². The van der Waals surface area contributed by atoms with Gasteiger partial charge in [-0.15, -0.1) is 0 Å². The van der Waals surface area contributed by atoms with E-state index in [0.717, 1.165) is 44.0 Å². The summed E-state index contributed by atoms with van der Waals surface area (Å²) in [6.07, 6.45) is 0. The number of hydrogen-bond acceptors (Lipinski definition) is 3. The Morgan fingerprint density at radius 3 is 2.50 bits per heavy atom. The quantitative estimate of drug-likeness (QED) is 0.680. The lowest BCUT2D eigenvalue weighted by Crippen LogP contribution is -2.49. The Morgan fingerprint density at radius 1 is 0.929 bits per heavy atom. The van der Waals surface area contributed by atoms with Crippen molar-refractivity contribution in [2.45, 2.75) is 13.5 Å². The van der Waals surface area contributed by atoms with Gasteiger partial charge in [-0.2, -0.15) is 0 Å². The highest BCUT2D eigenvalue weighted by Gasteiger charge is 2.21. The van der Waals surface area contributed by atoms with Crippen LogP contribution in [0, 0.1) is 6.92 Å². The second kappa shape index (κ2) is 8.44. The lowest BCUT2D eigenvalue weighted by molar-refractivity contribution is -0.135. The van der Waals surface area contributed by atoms with E-state index >= 15 is 0 Å². The summed E-state index contributed by atoms with van der Waals surface area (Å²) in [4.78, 5) is 16.8. The van der Waals surface area contributed by atoms with Crippen LogP contribution in [0.3, 0.4) is 0 Å². The molecule has 1 aliphatic rings. The summed E-state index contributed by atoms with van der Waals surface area (Å²) in [5.41, 5.74) is 2.48. The number of ether oxygens (including phenoxy) is 1. The number of benzene rings is 3. The molecule has 144 valence electrons. The van der Waals surface area contributed by atoms with Crippen LogP contribution >= 0.6 is 0 Å². The smallest absolute Gasteiger partial charge is 0.260 e. The zero-order valence-corrected chi connectivity index (χ0v) is 16.3. The van der Waals surface area contributed by atoms with Crippen LogP contribution in [0.4, 0.5) is 0 Å². The van der Waals surface area contributed by atoms with Gasteiger partial charge in [0.2, 0.25) is 0 Å². The fourth-order valence-corrected chi connectivity index (χ4v) is 3.77. The summed E-state index contributed by atoms with van der Waals surface area (Å²) in [6, 6.07) is 22.8. The van der Waals surface area contributed by atoms with Gasteiger partial charge >= 0.3 is 0 Å². The summed E-state index contributed by atoms with van der Waals surface area (Å²) < 4.78 is 5.67. The summed E-state index contributed by atoms with van der Waals surface area (Å²) >= 11 is 0. The maximum absolute atomic E-state index is 12.5. The maximum Gasteiger partial charge on any atom is 0.260 e. The van der Waals surface area contributed by atoms with E-state index in [2.05, 4.69) is 47.4 Å². The molecule has 4 rings (SSSR count). The fraction of sp³-hybridized carbons (Fsp3) is 0.292. The van der Waals surface area contributed by atoms with Crippen LogP contribution in [0.2, 0.25) is 0 Å². The summed E-state index contributed by atoms with van der Waals surface area (Å²) in [5, 5.41) is 2.59. The number of fused-ring (bicyclic) bond motifs is 1. The molecule has 0 bridgehead atoms. The van der Waals surface area contributed by atoms with Crippen LogP contribution in [0.25, 0.3) is 10.8 Å². The molecule has 0 spiro atoms. The zero-order valence-electron chi connectivity index (χ0n) is 16.3. The molecule has 0 saturated carbocycles. The molecule has 4 heteroatoms. The van der Waals surface area contributed by atoms with Crippen molar-refractivity contribution in [3.05, 3.63) is 77.9 Å². The molecular formula is C24H26N2O2. The van der Waals surface area contributed by atoms with E-state index in [1.165, 1.54) is 16.3 Å². The van der Waals surface area contributed by atoms with E-state index in [1.54, 1.807) is 0 Å². The van der Waals surface area contributed by atoms with Gasteiger partial charge in [0.25, 0.3) is 5.91 Å². The van der Waals surface area contributed by atoms with Crippen LogP contribution in [-0.4, -0.2) is 48.5 Å². The summed E-state index contributed by atoms with van der Waals surface area (Å²) in [7, 11) is 0. The Hall–Kier alpha value is -2.85. The highest BCUT2D eigenvalue weighted by Crippen LogP contribution is 2.20. The van der Waals surface area contributed by atoms with E-state index in [4.69, 9.17) is 4.74 Å². The van der Waals surface area contributed by atoms with Gasteiger partial charge < -0.3 is 9.64 Å². The van der Waals surface area contributed by atoms with Gasteiger partial charge in [0, 0.05) is 32.7 Å². The van der Waals surface area contributed by atoms with E-state index in [9.17, 15) is 4.79 Å². The van der Waals surface area contributed by atoms with E-state index in [-0.39, 0.29) is 12.5 Å². The first-order valence-corrected chi connectivity index (χ1v) is 9.85. The molecule has 1 heterocycles. The van der Waals surface area contributed by atoms with Gasteiger partial charge in [0.15, 0.2) is 6.61 Å². The van der Waals surface area contributed by atoms with Crippen LogP contribution in [-0.2, 0) is 11.3 Å². The predicted molar refractivity (Wildman–Crippen MR) is 112 cm³/mol. The monoisotopic (exact) mass is 374 g/mol. The Balaban J connectivity index is 1.30. The molecule has 3 aromatic rings.